The van der Waals surface area contributed by atoms with Crippen molar-refractivity contribution in [2.75, 3.05) is 0 Å². The molecule has 0 bridgehead atoms. The zero-order chi connectivity index (χ0) is 16.6. The van der Waals surface area contributed by atoms with E-state index in [1.165, 1.54) is 89.9 Å². The summed E-state index contributed by atoms with van der Waals surface area (Å²) in [5, 5.41) is 11.2. The lowest BCUT2D eigenvalue weighted by molar-refractivity contribution is 0.496. The van der Waals surface area contributed by atoms with Crippen LogP contribution >= 0.6 is 0 Å². The van der Waals surface area contributed by atoms with Gasteiger partial charge in [-0.15, -0.1) is 5.10 Å². The summed E-state index contributed by atoms with van der Waals surface area (Å²) in [6.45, 7) is 5.62. The summed E-state index contributed by atoms with van der Waals surface area (Å²) < 4.78 is 1.82. The quantitative estimate of drug-likeness (QED) is 0.362. The first-order chi connectivity index (χ1) is 11.3. The molecule has 0 N–H and O–H groups in total. The Kier molecular flexibility index (Phi) is 12.8. The van der Waals surface area contributed by atoms with E-state index >= 15 is 0 Å². The second kappa shape index (κ2) is 14.6. The molecular weight excluding hydrogens is 284 g/mol. The van der Waals surface area contributed by atoms with Crippen LogP contribution < -0.4 is 0 Å². The van der Waals surface area contributed by atoms with E-state index in [9.17, 15) is 0 Å². The van der Waals surface area contributed by atoms with Crippen molar-refractivity contribution in [1.29, 1.82) is 0 Å². The molecule has 0 radical (unpaired) electrons. The Balaban J connectivity index is 1.68. The van der Waals surface area contributed by atoms with Crippen LogP contribution in [0.5, 0.6) is 0 Å². The normalized spacial score (nSPS) is 11.4. The van der Waals surface area contributed by atoms with Gasteiger partial charge in [-0.05, 0) is 22.8 Å². The van der Waals surface area contributed by atoms with Crippen LogP contribution in [0.4, 0.5) is 0 Å². The van der Waals surface area contributed by atoms with Crippen LogP contribution in [-0.2, 0) is 6.54 Å². The Morgan fingerprint density at radius 1 is 0.696 bits per heavy atom. The van der Waals surface area contributed by atoms with Crippen molar-refractivity contribution in [3.05, 3.63) is 6.33 Å². The third-order valence-corrected chi connectivity index (χ3v) is 4.56. The molecule has 0 fully saturated rings. The van der Waals surface area contributed by atoms with Crippen LogP contribution in [-0.4, -0.2) is 20.2 Å². The van der Waals surface area contributed by atoms with Crippen molar-refractivity contribution < 1.29 is 0 Å². The van der Waals surface area contributed by atoms with E-state index in [2.05, 4.69) is 29.4 Å². The average molecular weight is 323 g/mol. The predicted octanol–water partition coefficient (Wildman–Crippen LogP) is 5.79. The Labute approximate surface area is 143 Å². The van der Waals surface area contributed by atoms with Crippen LogP contribution in [0.1, 0.15) is 104 Å². The fraction of sp³-hybridized carbons (Fsp3) is 0.947. The second-order valence-corrected chi connectivity index (χ2v) is 7.35. The molecule has 0 spiro atoms. The van der Waals surface area contributed by atoms with Crippen LogP contribution in [0.3, 0.4) is 0 Å². The van der Waals surface area contributed by atoms with Crippen molar-refractivity contribution in [3.8, 4) is 0 Å². The number of rotatable bonds is 16. The lowest BCUT2D eigenvalue weighted by Gasteiger charge is -2.05. The number of nitrogens with zero attached hydrogens (tertiary/aromatic N) is 4. The molecule has 1 aromatic heterocycles. The number of hydrogen-bond acceptors (Lipinski definition) is 3. The van der Waals surface area contributed by atoms with E-state index in [1.54, 1.807) is 6.33 Å². The molecule has 0 saturated heterocycles. The van der Waals surface area contributed by atoms with Gasteiger partial charge in [-0.25, -0.2) is 4.68 Å². The van der Waals surface area contributed by atoms with Gasteiger partial charge in [-0.3, -0.25) is 0 Å². The predicted molar refractivity (Wildman–Crippen MR) is 97.3 cm³/mol. The summed E-state index contributed by atoms with van der Waals surface area (Å²) in [5.41, 5.74) is 0. The Morgan fingerprint density at radius 2 is 1.17 bits per heavy atom. The van der Waals surface area contributed by atoms with Gasteiger partial charge in [-0.2, -0.15) is 0 Å². The molecule has 0 unspecified atom stereocenters. The van der Waals surface area contributed by atoms with Gasteiger partial charge < -0.3 is 0 Å². The molecule has 0 aliphatic rings. The van der Waals surface area contributed by atoms with E-state index < -0.39 is 0 Å². The fourth-order valence-electron chi connectivity index (χ4n) is 3.05. The summed E-state index contributed by atoms with van der Waals surface area (Å²) in [5.74, 6) is 0.884. The number of unbranched alkanes of at least 4 members (excludes halogenated alkanes) is 12. The zero-order valence-electron chi connectivity index (χ0n) is 15.6. The lowest BCUT2D eigenvalue weighted by atomic mass is 10.0. The second-order valence-electron chi connectivity index (χ2n) is 7.35. The van der Waals surface area contributed by atoms with Crippen molar-refractivity contribution >= 4 is 0 Å². The van der Waals surface area contributed by atoms with Gasteiger partial charge in [0.25, 0.3) is 0 Å². The van der Waals surface area contributed by atoms with Gasteiger partial charge in [-0.1, -0.05) is 97.3 Å². The van der Waals surface area contributed by atoms with E-state index in [1.807, 2.05) is 4.68 Å². The van der Waals surface area contributed by atoms with Crippen molar-refractivity contribution in [2.45, 2.75) is 110 Å². The summed E-state index contributed by atoms with van der Waals surface area (Å²) in [4.78, 5) is 0. The molecule has 1 aromatic rings. The summed E-state index contributed by atoms with van der Waals surface area (Å²) >= 11 is 0. The third-order valence-electron chi connectivity index (χ3n) is 4.56. The Morgan fingerprint density at radius 3 is 1.61 bits per heavy atom. The van der Waals surface area contributed by atoms with Gasteiger partial charge in [0.1, 0.15) is 6.33 Å². The largest absolute Gasteiger partial charge is 0.233 e. The maximum Gasteiger partial charge on any atom is 0.138 e. The highest BCUT2D eigenvalue weighted by atomic mass is 15.5. The topological polar surface area (TPSA) is 43.6 Å². The highest BCUT2D eigenvalue weighted by Gasteiger charge is 1.96. The van der Waals surface area contributed by atoms with Crippen molar-refractivity contribution in [1.82, 2.24) is 20.2 Å². The lowest BCUT2D eigenvalue weighted by Crippen LogP contribution is -1.98. The van der Waals surface area contributed by atoms with Crippen LogP contribution in [0.25, 0.3) is 0 Å². The number of aromatic nitrogens is 4. The molecule has 0 aliphatic heterocycles. The van der Waals surface area contributed by atoms with Gasteiger partial charge in [0.05, 0.1) is 0 Å². The molecule has 1 heterocycles. The molecule has 0 saturated carbocycles. The van der Waals surface area contributed by atoms with Crippen LogP contribution in [0.2, 0.25) is 0 Å². The minimum Gasteiger partial charge on any atom is -0.233 e. The average Bonchev–Trinajstić information content (AvgIpc) is 3.04. The van der Waals surface area contributed by atoms with Gasteiger partial charge in [0, 0.05) is 6.54 Å². The smallest absolute Gasteiger partial charge is 0.138 e. The first-order valence-electron chi connectivity index (χ1n) is 10.00. The van der Waals surface area contributed by atoms with E-state index in [0.717, 1.165) is 12.5 Å². The molecule has 1 rings (SSSR count). The van der Waals surface area contributed by atoms with Gasteiger partial charge in [0.2, 0.25) is 0 Å². The fourth-order valence-corrected chi connectivity index (χ4v) is 3.05. The van der Waals surface area contributed by atoms with Crippen molar-refractivity contribution in [2.24, 2.45) is 5.92 Å². The maximum atomic E-state index is 3.88. The number of tetrazole rings is 1. The van der Waals surface area contributed by atoms with E-state index in [0.29, 0.717) is 0 Å². The first kappa shape index (κ1) is 20.1. The molecule has 0 atom stereocenters. The number of aryl methyl sites for hydroxylation is 1. The first-order valence-corrected chi connectivity index (χ1v) is 10.00. The Bertz CT molecular complexity index is 335. The van der Waals surface area contributed by atoms with Crippen LogP contribution in [0.15, 0.2) is 6.33 Å². The molecule has 0 amide bonds. The molecule has 4 nitrogen and oxygen atoms in total. The van der Waals surface area contributed by atoms with E-state index in [4.69, 9.17) is 0 Å². The van der Waals surface area contributed by atoms with Crippen LogP contribution in [0, 0.1) is 5.92 Å². The minimum atomic E-state index is 0.884. The van der Waals surface area contributed by atoms with Gasteiger partial charge in [0.15, 0.2) is 0 Å². The summed E-state index contributed by atoms with van der Waals surface area (Å²) in [7, 11) is 0. The third kappa shape index (κ3) is 13.2. The highest BCUT2D eigenvalue weighted by molar-refractivity contribution is 4.52. The molecular formula is C19H38N4. The summed E-state index contributed by atoms with van der Waals surface area (Å²) in [6, 6.07) is 0. The maximum absolute atomic E-state index is 3.88. The van der Waals surface area contributed by atoms with E-state index in [-0.39, 0.29) is 0 Å². The molecule has 4 heteroatoms. The molecule has 23 heavy (non-hydrogen) atoms. The molecule has 0 aliphatic carbocycles. The highest BCUT2D eigenvalue weighted by Crippen LogP contribution is 2.14. The SMILES string of the molecule is CC(C)CCCCCCCCCCCCCCCn1cnnn1. The zero-order valence-corrected chi connectivity index (χ0v) is 15.6. The molecule has 134 valence electrons. The summed E-state index contributed by atoms with van der Waals surface area (Å²) in [6.07, 6.45) is 21.3. The van der Waals surface area contributed by atoms with Gasteiger partial charge >= 0.3 is 0 Å². The Hall–Kier alpha value is -0.930. The minimum absolute atomic E-state index is 0.884. The van der Waals surface area contributed by atoms with Crippen molar-refractivity contribution in [3.63, 3.8) is 0 Å². The molecule has 0 aromatic carbocycles. The number of hydrogen-bond donors (Lipinski definition) is 0. The standard InChI is InChI=1S/C19H38N4/c1-19(2)16-14-12-10-8-6-4-3-5-7-9-11-13-15-17-23-18-20-21-22-23/h18-19H,3-17H2,1-2H3. The monoisotopic (exact) mass is 322 g/mol.